The summed E-state index contributed by atoms with van der Waals surface area (Å²) in [5, 5.41) is 11.2. The minimum absolute atomic E-state index is 0.207. The molecule has 0 atom stereocenters. The van der Waals surface area contributed by atoms with E-state index in [9.17, 15) is 4.79 Å². The lowest BCUT2D eigenvalue weighted by Crippen LogP contribution is -2.26. The average molecular weight is 338 g/mol. The topological polar surface area (TPSA) is 59.8 Å². The Labute approximate surface area is 145 Å². The number of nitrogens with zero attached hydrogens (tertiary/aromatic N) is 3. The van der Waals surface area contributed by atoms with Gasteiger partial charge in [-0.15, -0.1) is 16.9 Å². The van der Waals surface area contributed by atoms with Crippen LogP contribution in [0.1, 0.15) is 16.1 Å². The zero-order chi connectivity index (χ0) is 16.8. The number of amides is 1. The Morgan fingerprint density at radius 3 is 2.62 bits per heavy atom. The quantitative estimate of drug-likeness (QED) is 0.554. The SMILES string of the molecule is Cc1ccc(SCCNC(=O)c2cnn(-c3ccccc3)n2)cc1. The van der Waals surface area contributed by atoms with E-state index in [-0.39, 0.29) is 5.91 Å². The third-order valence-electron chi connectivity index (χ3n) is 3.39. The zero-order valence-electron chi connectivity index (χ0n) is 13.3. The number of aryl methyl sites for hydroxylation is 1. The van der Waals surface area contributed by atoms with E-state index >= 15 is 0 Å². The van der Waals surface area contributed by atoms with Crippen LogP contribution in [0.25, 0.3) is 5.69 Å². The van der Waals surface area contributed by atoms with Gasteiger partial charge in [-0.1, -0.05) is 35.9 Å². The third kappa shape index (κ3) is 4.23. The number of para-hydroxylation sites is 1. The van der Waals surface area contributed by atoms with Crippen molar-refractivity contribution >= 4 is 17.7 Å². The number of hydrogen-bond donors (Lipinski definition) is 1. The van der Waals surface area contributed by atoms with Crippen LogP contribution in [0.2, 0.25) is 0 Å². The fourth-order valence-electron chi connectivity index (χ4n) is 2.11. The number of rotatable bonds is 6. The maximum Gasteiger partial charge on any atom is 0.273 e. The average Bonchev–Trinajstić information content (AvgIpc) is 3.11. The molecule has 0 bridgehead atoms. The van der Waals surface area contributed by atoms with Crippen molar-refractivity contribution in [3.63, 3.8) is 0 Å². The summed E-state index contributed by atoms with van der Waals surface area (Å²) in [6.07, 6.45) is 1.48. The second-order valence-corrected chi connectivity index (χ2v) is 6.44. The van der Waals surface area contributed by atoms with Crippen LogP contribution in [0.3, 0.4) is 0 Å². The highest BCUT2D eigenvalue weighted by atomic mass is 32.2. The molecule has 0 fully saturated rings. The minimum atomic E-state index is -0.207. The fraction of sp³-hybridized carbons (Fsp3) is 0.167. The molecular formula is C18H18N4OS. The first-order valence-electron chi connectivity index (χ1n) is 7.68. The molecule has 0 spiro atoms. The summed E-state index contributed by atoms with van der Waals surface area (Å²) in [5.41, 5.74) is 2.39. The largest absolute Gasteiger partial charge is 0.350 e. The molecule has 1 N–H and O–H groups in total. The fourth-order valence-corrected chi connectivity index (χ4v) is 2.88. The Morgan fingerprint density at radius 1 is 1.12 bits per heavy atom. The maximum absolute atomic E-state index is 12.1. The smallest absolute Gasteiger partial charge is 0.273 e. The van der Waals surface area contributed by atoms with Crippen molar-refractivity contribution in [1.29, 1.82) is 0 Å². The van der Waals surface area contributed by atoms with Crippen molar-refractivity contribution in [2.24, 2.45) is 0 Å². The van der Waals surface area contributed by atoms with Gasteiger partial charge in [0.2, 0.25) is 0 Å². The standard InChI is InChI=1S/C18H18N4OS/c1-14-7-9-16(10-8-14)24-12-11-19-18(23)17-13-20-22(21-17)15-5-3-2-4-6-15/h2-10,13H,11-12H2,1H3,(H,19,23). The highest BCUT2D eigenvalue weighted by molar-refractivity contribution is 7.99. The monoisotopic (exact) mass is 338 g/mol. The number of thioether (sulfide) groups is 1. The summed E-state index contributed by atoms with van der Waals surface area (Å²) in [4.78, 5) is 14.8. The van der Waals surface area contributed by atoms with Crippen LogP contribution in [-0.4, -0.2) is 33.2 Å². The lowest BCUT2D eigenvalue weighted by atomic mass is 10.2. The van der Waals surface area contributed by atoms with Crippen LogP contribution >= 0.6 is 11.8 Å². The van der Waals surface area contributed by atoms with E-state index in [4.69, 9.17) is 0 Å². The molecular weight excluding hydrogens is 320 g/mol. The van der Waals surface area contributed by atoms with Crippen LogP contribution in [0.15, 0.2) is 65.7 Å². The molecule has 1 aromatic heterocycles. The van der Waals surface area contributed by atoms with Gasteiger partial charge in [-0.25, -0.2) is 0 Å². The molecule has 0 aliphatic heterocycles. The number of carbonyl (C=O) groups is 1. The Balaban J connectivity index is 1.49. The van der Waals surface area contributed by atoms with Crippen LogP contribution in [-0.2, 0) is 0 Å². The molecule has 0 saturated carbocycles. The van der Waals surface area contributed by atoms with Crippen molar-refractivity contribution in [2.45, 2.75) is 11.8 Å². The number of aromatic nitrogens is 3. The van der Waals surface area contributed by atoms with E-state index in [2.05, 4.69) is 46.7 Å². The molecule has 0 radical (unpaired) electrons. The minimum Gasteiger partial charge on any atom is -0.350 e. The van der Waals surface area contributed by atoms with Gasteiger partial charge in [0.15, 0.2) is 5.69 Å². The molecule has 6 heteroatoms. The van der Waals surface area contributed by atoms with Gasteiger partial charge in [0.05, 0.1) is 11.9 Å². The summed E-state index contributed by atoms with van der Waals surface area (Å²) in [5.74, 6) is 0.600. The predicted molar refractivity (Wildman–Crippen MR) is 95.6 cm³/mol. The molecule has 0 aliphatic rings. The summed E-state index contributed by atoms with van der Waals surface area (Å²) in [6, 6.07) is 17.9. The van der Waals surface area contributed by atoms with E-state index in [1.165, 1.54) is 21.5 Å². The lowest BCUT2D eigenvalue weighted by molar-refractivity contribution is 0.0951. The van der Waals surface area contributed by atoms with Crippen molar-refractivity contribution < 1.29 is 4.79 Å². The summed E-state index contributed by atoms with van der Waals surface area (Å²) < 4.78 is 0. The molecule has 5 nitrogen and oxygen atoms in total. The summed E-state index contributed by atoms with van der Waals surface area (Å²) in [6.45, 7) is 2.65. The molecule has 1 heterocycles. The Bertz CT molecular complexity index is 799. The third-order valence-corrected chi connectivity index (χ3v) is 4.40. The van der Waals surface area contributed by atoms with Crippen molar-refractivity contribution in [3.05, 3.63) is 72.1 Å². The van der Waals surface area contributed by atoms with Crippen molar-refractivity contribution in [1.82, 2.24) is 20.3 Å². The van der Waals surface area contributed by atoms with Crippen molar-refractivity contribution in [3.8, 4) is 5.69 Å². The molecule has 0 unspecified atom stereocenters. The lowest BCUT2D eigenvalue weighted by Gasteiger charge is -2.04. The molecule has 0 saturated heterocycles. The van der Waals surface area contributed by atoms with Crippen LogP contribution < -0.4 is 5.32 Å². The van der Waals surface area contributed by atoms with Crippen LogP contribution in [0, 0.1) is 6.92 Å². The molecule has 3 aromatic rings. The molecule has 1 amide bonds. The van der Waals surface area contributed by atoms with E-state index in [0.29, 0.717) is 12.2 Å². The van der Waals surface area contributed by atoms with E-state index in [0.717, 1.165) is 11.4 Å². The second-order valence-electron chi connectivity index (χ2n) is 5.27. The molecule has 3 rings (SSSR count). The van der Waals surface area contributed by atoms with E-state index in [1.807, 2.05) is 30.3 Å². The zero-order valence-corrected chi connectivity index (χ0v) is 14.2. The van der Waals surface area contributed by atoms with Gasteiger partial charge in [-0.2, -0.15) is 9.90 Å². The first-order chi connectivity index (χ1) is 11.7. The Kier molecular flexibility index (Phi) is 5.28. The first-order valence-corrected chi connectivity index (χ1v) is 8.66. The number of hydrogen-bond acceptors (Lipinski definition) is 4. The van der Waals surface area contributed by atoms with Gasteiger partial charge in [-0.3, -0.25) is 4.79 Å². The van der Waals surface area contributed by atoms with E-state index in [1.54, 1.807) is 11.8 Å². The van der Waals surface area contributed by atoms with Crippen LogP contribution in [0.4, 0.5) is 0 Å². The Hall–Kier alpha value is -2.60. The maximum atomic E-state index is 12.1. The Morgan fingerprint density at radius 2 is 1.88 bits per heavy atom. The number of nitrogens with one attached hydrogen (secondary N) is 1. The number of carbonyl (C=O) groups excluding carboxylic acids is 1. The molecule has 2 aromatic carbocycles. The van der Waals surface area contributed by atoms with Gasteiger partial charge < -0.3 is 5.32 Å². The van der Waals surface area contributed by atoms with Crippen molar-refractivity contribution in [2.75, 3.05) is 12.3 Å². The summed E-state index contributed by atoms with van der Waals surface area (Å²) >= 11 is 1.71. The number of benzene rings is 2. The molecule has 24 heavy (non-hydrogen) atoms. The van der Waals surface area contributed by atoms with E-state index < -0.39 is 0 Å². The van der Waals surface area contributed by atoms with Gasteiger partial charge in [0, 0.05) is 17.2 Å². The highest BCUT2D eigenvalue weighted by Gasteiger charge is 2.10. The van der Waals surface area contributed by atoms with Crippen LogP contribution in [0.5, 0.6) is 0 Å². The molecule has 122 valence electrons. The predicted octanol–water partition coefficient (Wildman–Crippen LogP) is 3.10. The highest BCUT2D eigenvalue weighted by Crippen LogP contribution is 2.17. The first kappa shape index (κ1) is 16.3. The molecule has 0 aliphatic carbocycles. The van der Waals surface area contributed by atoms with Gasteiger partial charge >= 0.3 is 0 Å². The second kappa shape index (κ2) is 7.79. The summed E-state index contributed by atoms with van der Waals surface area (Å²) in [7, 11) is 0. The normalized spacial score (nSPS) is 10.5. The van der Waals surface area contributed by atoms with Gasteiger partial charge in [0.1, 0.15) is 0 Å². The van der Waals surface area contributed by atoms with Gasteiger partial charge in [-0.05, 0) is 31.2 Å². The van der Waals surface area contributed by atoms with Gasteiger partial charge in [0.25, 0.3) is 5.91 Å².